The molecule has 2 fully saturated rings. The summed E-state index contributed by atoms with van der Waals surface area (Å²) in [6.45, 7) is 46.2. The molecule has 22 nitrogen and oxygen atoms in total. The largest absolute Gasteiger partial charge is 0.477 e. The van der Waals surface area contributed by atoms with E-state index in [2.05, 4.69) is 118 Å². The Labute approximate surface area is 680 Å². The maximum atomic E-state index is 14.0. The Bertz CT molecular complexity index is 4630. The quantitative estimate of drug-likeness (QED) is 0.0458. The van der Waals surface area contributed by atoms with Crippen molar-refractivity contribution in [2.75, 3.05) is 36.4 Å². The molecular weight excluding hydrogens is 1550 g/mol. The average Bonchev–Trinajstić information content (AvgIpc) is 1.68. The monoisotopic (exact) mass is 1660 g/mol. The van der Waals surface area contributed by atoms with Crippen LogP contribution in [0.2, 0.25) is 0 Å². The summed E-state index contributed by atoms with van der Waals surface area (Å²) < 4.78 is 31.8. The summed E-state index contributed by atoms with van der Waals surface area (Å²) in [6, 6.07) is 5.81. The Hall–Kier alpha value is -8.44. The SMILES string of the molecule is CC1CCC(C(=O)N(c2cc(C#CC(C)(C)C)sc2C(=O)O)C(C)c2nc(C(C)C)no2)CC1.COC(=O)c1sc(C#CC(C)(C)C)cc1Br.COC(=O)c1sc(C#CC(C)(C)C)cc1N(C(=O)C1CCC(C)CC1)C(C)c1nc(C(C)C)no1.COC(=O)c1sc(C#CC(C)(C)C)cc1NC(C)c1nc(C(C)C)no1. The zero-order valence-electron chi connectivity index (χ0n) is 69.2. The van der Waals surface area contributed by atoms with Crippen LogP contribution in [-0.4, -0.2) is 92.5 Å². The first-order chi connectivity index (χ1) is 51.7. The minimum absolute atomic E-state index is 0.0352. The van der Waals surface area contributed by atoms with Gasteiger partial charge in [0.05, 0.1) is 57.9 Å². The maximum Gasteiger partial charge on any atom is 0.350 e. The van der Waals surface area contributed by atoms with Crippen LogP contribution in [0.15, 0.2) is 42.3 Å². The summed E-state index contributed by atoms with van der Waals surface area (Å²) in [7, 11) is 4.08. The summed E-state index contributed by atoms with van der Waals surface area (Å²) in [6.07, 6.45) is 7.18. The lowest BCUT2D eigenvalue weighted by molar-refractivity contribution is -0.124. The van der Waals surface area contributed by atoms with Crippen molar-refractivity contribution in [1.82, 2.24) is 30.4 Å². The number of nitrogens with zero attached hydrogens (tertiary/aromatic N) is 8. The number of rotatable bonds is 18. The fourth-order valence-electron chi connectivity index (χ4n) is 11.0. The number of halogens is 1. The van der Waals surface area contributed by atoms with Crippen molar-refractivity contribution in [2.24, 2.45) is 45.3 Å². The number of ether oxygens (including phenoxy) is 3. The van der Waals surface area contributed by atoms with Gasteiger partial charge in [-0.25, -0.2) is 19.2 Å². The van der Waals surface area contributed by atoms with Crippen LogP contribution in [0.4, 0.5) is 17.1 Å². The predicted octanol–water partition coefficient (Wildman–Crippen LogP) is 20.9. The van der Waals surface area contributed by atoms with Crippen LogP contribution in [0, 0.1) is 92.7 Å². The third kappa shape index (κ3) is 27.1. The van der Waals surface area contributed by atoms with Gasteiger partial charge in [0, 0.05) is 55.7 Å². The zero-order valence-corrected chi connectivity index (χ0v) is 74.0. The fourth-order valence-corrected chi connectivity index (χ4v) is 15.3. The molecule has 7 heterocycles. The molecule has 2 aliphatic rings. The molecular formula is C84H110BrN9O13S4. The van der Waals surface area contributed by atoms with Crippen molar-refractivity contribution in [3.05, 3.63) is 103 Å². The van der Waals surface area contributed by atoms with Gasteiger partial charge in [-0.1, -0.05) is 118 Å². The van der Waals surface area contributed by atoms with Gasteiger partial charge in [-0.05, 0) is 207 Å². The van der Waals surface area contributed by atoms with Gasteiger partial charge in [-0.15, -0.1) is 45.3 Å². The van der Waals surface area contributed by atoms with Gasteiger partial charge in [-0.2, -0.15) is 15.0 Å². The maximum absolute atomic E-state index is 14.0. The number of hydrogen-bond acceptors (Lipinski definition) is 23. The van der Waals surface area contributed by atoms with Gasteiger partial charge in [0.2, 0.25) is 29.5 Å². The van der Waals surface area contributed by atoms with E-state index in [0.717, 1.165) is 76.9 Å². The first-order valence-corrected chi connectivity index (χ1v) is 41.5. The molecule has 3 unspecified atom stereocenters. The number of methoxy groups -OCH3 is 3. The molecule has 2 saturated carbocycles. The number of aromatic carboxylic acids is 1. The second kappa shape index (κ2) is 39.8. The van der Waals surface area contributed by atoms with Gasteiger partial charge in [-0.3, -0.25) is 19.4 Å². The van der Waals surface area contributed by atoms with Gasteiger partial charge < -0.3 is 38.2 Å². The summed E-state index contributed by atoms with van der Waals surface area (Å²) in [4.78, 5) is 97.4. The zero-order chi connectivity index (χ0) is 82.9. The molecule has 600 valence electrons. The van der Waals surface area contributed by atoms with Gasteiger partial charge in [0.1, 0.15) is 37.6 Å². The highest BCUT2D eigenvalue weighted by Crippen LogP contribution is 2.43. The Balaban J connectivity index is 0.000000239. The smallest absolute Gasteiger partial charge is 0.350 e. The second-order valence-electron chi connectivity index (χ2n) is 33.1. The number of esters is 3. The molecule has 27 heteroatoms. The van der Waals surface area contributed by atoms with Crippen molar-refractivity contribution < 1.29 is 61.7 Å². The molecule has 3 atom stereocenters. The van der Waals surface area contributed by atoms with E-state index in [1.807, 2.05) is 164 Å². The van der Waals surface area contributed by atoms with Crippen LogP contribution < -0.4 is 15.1 Å². The summed E-state index contributed by atoms with van der Waals surface area (Å²) in [5.74, 6) is 26.8. The second-order valence-corrected chi connectivity index (χ2v) is 38.1. The molecule has 2 amide bonds. The molecule has 0 aromatic carbocycles. The standard InChI is InChI=1S/C27H37N3O4S.C26H35N3O4S.C19H25N3O3S.C12H13BrO2S/c1-16(2)23-28-24(34-29-23)18(4)30(25(31)19-11-9-17(3)10-12-19)21-15-20(13-14-27(5,6)7)35-22(21)26(32)33-8;1-15(2)22-27-23(33-28-22)17(4)29(24(30)18-10-8-16(3)9-11-18)20-14-19(12-13-26(5,6)7)34-21(20)25(31)32;1-11(2)16-21-17(25-22-16)12(3)20-14-10-13(8-9-19(4,5)6)26-15(14)18(23)24-7;1-12(2,3)6-5-8-7-9(13)10(16-8)11(14)15-4/h15-19H,9-12H2,1-8H3;14-18H,8-11H2,1-7H3,(H,31,32);10-12,20H,1-7H3;7H,1-4H3. The third-order valence-electron chi connectivity index (χ3n) is 17.3. The number of nitrogens with one attached hydrogen (secondary N) is 1. The minimum atomic E-state index is -1.08. The molecule has 0 spiro atoms. The Morgan fingerprint density at radius 1 is 0.468 bits per heavy atom. The van der Waals surface area contributed by atoms with Crippen molar-refractivity contribution in [2.45, 2.75) is 246 Å². The average molecular weight is 1660 g/mol. The summed E-state index contributed by atoms with van der Waals surface area (Å²) in [5, 5.41) is 25.4. The summed E-state index contributed by atoms with van der Waals surface area (Å²) in [5.41, 5.74) is 0.892. The normalized spacial score (nSPS) is 16.4. The van der Waals surface area contributed by atoms with Crippen LogP contribution in [0.1, 0.15) is 340 Å². The molecule has 0 aliphatic heterocycles. The number of thiophene rings is 4. The highest BCUT2D eigenvalue weighted by molar-refractivity contribution is 9.10. The number of carboxylic acid groups (broad SMARTS) is 1. The molecule has 7 aromatic rings. The number of hydrogen-bond donors (Lipinski definition) is 2. The Morgan fingerprint density at radius 2 is 0.775 bits per heavy atom. The van der Waals surface area contributed by atoms with E-state index in [-0.39, 0.29) is 80.0 Å². The van der Waals surface area contributed by atoms with E-state index >= 15 is 0 Å². The third-order valence-corrected chi connectivity index (χ3v) is 22.3. The van der Waals surface area contributed by atoms with E-state index in [1.165, 1.54) is 55.3 Å². The van der Waals surface area contributed by atoms with Crippen molar-refractivity contribution in [3.63, 3.8) is 0 Å². The van der Waals surface area contributed by atoms with Crippen LogP contribution in [0.5, 0.6) is 0 Å². The van der Waals surface area contributed by atoms with Gasteiger partial charge in [0.25, 0.3) is 0 Å². The topological polar surface area (TPSA) is 286 Å². The summed E-state index contributed by atoms with van der Waals surface area (Å²) >= 11 is 8.29. The van der Waals surface area contributed by atoms with E-state index in [9.17, 15) is 33.9 Å². The van der Waals surface area contributed by atoms with Crippen molar-refractivity contribution >= 4 is 114 Å². The molecule has 7 aromatic heterocycles. The van der Waals surface area contributed by atoms with E-state index in [0.29, 0.717) is 88.4 Å². The van der Waals surface area contributed by atoms with Crippen LogP contribution in [0.25, 0.3) is 0 Å². The van der Waals surface area contributed by atoms with E-state index < -0.39 is 30.0 Å². The lowest BCUT2D eigenvalue weighted by Gasteiger charge is -2.33. The lowest BCUT2D eigenvalue weighted by atomic mass is 9.82. The number of carbonyl (C=O) groups is 6. The fraction of sp³-hybridized carbons (Fsp3) is 0.571. The first-order valence-electron chi connectivity index (χ1n) is 37.5. The molecule has 9 rings (SSSR count). The van der Waals surface area contributed by atoms with Crippen LogP contribution in [-0.2, 0) is 23.8 Å². The highest BCUT2D eigenvalue weighted by atomic mass is 79.9. The van der Waals surface area contributed by atoms with Crippen molar-refractivity contribution in [3.8, 4) is 47.4 Å². The molecule has 0 radical (unpaired) electrons. The van der Waals surface area contributed by atoms with E-state index in [4.69, 9.17) is 23.0 Å². The number of carboxylic acids is 1. The predicted molar refractivity (Wildman–Crippen MR) is 443 cm³/mol. The first kappa shape index (κ1) is 91.4. The number of amides is 2. The molecule has 2 aliphatic carbocycles. The lowest BCUT2D eigenvalue weighted by Crippen LogP contribution is -2.40. The van der Waals surface area contributed by atoms with E-state index in [1.54, 1.807) is 15.9 Å². The van der Waals surface area contributed by atoms with Gasteiger partial charge in [0.15, 0.2) is 17.5 Å². The number of aromatic nitrogens is 6. The van der Waals surface area contributed by atoms with Crippen molar-refractivity contribution in [1.29, 1.82) is 0 Å². The Morgan fingerprint density at radius 3 is 1.13 bits per heavy atom. The molecule has 2 N–H and O–H groups in total. The van der Waals surface area contributed by atoms with Crippen LogP contribution >= 0.6 is 61.3 Å². The van der Waals surface area contributed by atoms with Gasteiger partial charge >= 0.3 is 23.9 Å². The molecule has 0 bridgehead atoms. The molecule has 0 saturated heterocycles. The van der Waals surface area contributed by atoms with Crippen LogP contribution in [0.3, 0.4) is 0 Å². The molecule has 111 heavy (non-hydrogen) atoms. The highest BCUT2D eigenvalue weighted by Gasteiger charge is 2.40. The number of carbonyl (C=O) groups excluding carboxylic acids is 5. The Kier molecular flexibility index (Phi) is 32.8. The minimum Gasteiger partial charge on any atom is -0.477 e. The number of anilines is 3.